The van der Waals surface area contributed by atoms with Gasteiger partial charge < -0.3 is 25.4 Å². The number of ether oxygens (including phenoxy) is 2. The minimum Gasteiger partial charge on any atom is -0.493 e. The van der Waals surface area contributed by atoms with Crippen LogP contribution in [0.3, 0.4) is 0 Å². The SMILES string of the molecule is CN=C(NCCCCNc1ccccn1)NCC(C)Oc1ccccc1OC.I. The zero-order valence-electron chi connectivity index (χ0n) is 17.4. The molecule has 8 heteroatoms. The van der Waals surface area contributed by atoms with E-state index in [0.717, 1.165) is 49.2 Å². The first kappa shape index (κ1) is 24.8. The number of halogens is 1. The highest BCUT2D eigenvalue weighted by Crippen LogP contribution is 2.26. The molecule has 0 fully saturated rings. The fourth-order valence-electron chi connectivity index (χ4n) is 2.58. The number of anilines is 1. The summed E-state index contributed by atoms with van der Waals surface area (Å²) in [6.07, 6.45) is 3.84. The van der Waals surface area contributed by atoms with Crippen LogP contribution in [0.25, 0.3) is 0 Å². The third kappa shape index (κ3) is 9.69. The lowest BCUT2D eigenvalue weighted by Crippen LogP contribution is -2.42. The third-order valence-electron chi connectivity index (χ3n) is 4.04. The average Bonchev–Trinajstić information content (AvgIpc) is 2.73. The molecule has 2 aromatic rings. The Morgan fingerprint density at radius 3 is 2.45 bits per heavy atom. The van der Waals surface area contributed by atoms with Crippen molar-refractivity contribution in [1.82, 2.24) is 15.6 Å². The van der Waals surface area contributed by atoms with E-state index < -0.39 is 0 Å². The van der Waals surface area contributed by atoms with Crippen molar-refractivity contribution in [1.29, 1.82) is 0 Å². The van der Waals surface area contributed by atoms with Crippen molar-refractivity contribution < 1.29 is 9.47 Å². The van der Waals surface area contributed by atoms with Gasteiger partial charge in [0.2, 0.25) is 0 Å². The summed E-state index contributed by atoms with van der Waals surface area (Å²) in [6.45, 7) is 4.40. The number of methoxy groups -OCH3 is 1. The van der Waals surface area contributed by atoms with Gasteiger partial charge in [-0.15, -0.1) is 24.0 Å². The van der Waals surface area contributed by atoms with Crippen molar-refractivity contribution in [3.8, 4) is 11.5 Å². The van der Waals surface area contributed by atoms with Gasteiger partial charge in [0.15, 0.2) is 17.5 Å². The molecular weight excluding hydrogens is 481 g/mol. The summed E-state index contributed by atoms with van der Waals surface area (Å²) in [5, 5.41) is 9.92. The largest absolute Gasteiger partial charge is 0.493 e. The van der Waals surface area contributed by atoms with Gasteiger partial charge in [0.25, 0.3) is 0 Å². The Balaban J connectivity index is 0.00000420. The molecule has 0 radical (unpaired) electrons. The number of aliphatic imine (C=N–C) groups is 1. The Morgan fingerprint density at radius 1 is 1.03 bits per heavy atom. The Morgan fingerprint density at radius 2 is 1.76 bits per heavy atom. The Bertz CT molecular complexity index is 715. The molecule has 29 heavy (non-hydrogen) atoms. The number of nitrogens with one attached hydrogen (secondary N) is 3. The van der Waals surface area contributed by atoms with Crippen molar-refractivity contribution >= 4 is 35.8 Å². The van der Waals surface area contributed by atoms with Crippen LogP contribution in [0.5, 0.6) is 11.5 Å². The molecule has 2 rings (SSSR count). The highest BCUT2D eigenvalue weighted by Gasteiger charge is 2.09. The summed E-state index contributed by atoms with van der Waals surface area (Å²) in [5.74, 6) is 3.16. The smallest absolute Gasteiger partial charge is 0.191 e. The van der Waals surface area contributed by atoms with Crippen LogP contribution < -0.4 is 25.4 Å². The maximum absolute atomic E-state index is 5.95. The molecule has 0 aliphatic heterocycles. The first-order valence-electron chi connectivity index (χ1n) is 9.62. The molecule has 0 aliphatic rings. The lowest BCUT2D eigenvalue weighted by molar-refractivity contribution is 0.213. The lowest BCUT2D eigenvalue weighted by atomic mass is 10.3. The molecule has 0 aliphatic carbocycles. The number of nitrogens with zero attached hydrogens (tertiary/aromatic N) is 2. The van der Waals surface area contributed by atoms with E-state index in [-0.39, 0.29) is 30.1 Å². The number of hydrogen-bond acceptors (Lipinski definition) is 5. The van der Waals surface area contributed by atoms with E-state index in [1.807, 2.05) is 49.4 Å². The van der Waals surface area contributed by atoms with E-state index >= 15 is 0 Å². The van der Waals surface area contributed by atoms with Gasteiger partial charge in [0.1, 0.15) is 11.9 Å². The molecule has 0 bridgehead atoms. The number of pyridine rings is 1. The number of hydrogen-bond donors (Lipinski definition) is 3. The van der Waals surface area contributed by atoms with Gasteiger partial charge in [-0.25, -0.2) is 4.98 Å². The van der Waals surface area contributed by atoms with Crippen molar-refractivity contribution in [2.45, 2.75) is 25.9 Å². The molecule has 1 atom stereocenters. The fraction of sp³-hybridized carbons (Fsp3) is 0.429. The quantitative estimate of drug-likeness (QED) is 0.185. The van der Waals surface area contributed by atoms with Gasteiger partial charge in [-0.2, -0.15) is 0 Å². The van der Waals surface area contributed by atoms with Gasteiger partial charge in [-0.05, 0) is 44.0 Å². The van der Waals surface area contributed by atoms with Crippen LogP contribution in [-0.4, -0.2) is 50.8 Å². The van der Waals surface area contributed by atoms with Crippen molar-refractivity contribution in [3.05, 3.63) is 48.7 Å². The van der Waals surface area contributed by atoms with Crippen LogP contribution in [0.2, 0.25) is 0 Å². The Kier molecular flexibility index (Phi) is 12.6. The summed E-state index contributed by atoms with van der Waals surface area (Å²) in [5.41, 5.74) is 0. The maximum Gasteiger partial charge on any atom is 0.191 e. The van der Waals surface area contributed by atoms with Gasteiger partial charge in [-0.3, -0.25) is 4.99 Å². The number of aromatic nitrogens is 1. The van der Waals surface area contributed by atoms with Crippen molar-refractivity contribution in [3.63, 3.8) is 0 Å². The van der Waals surface area contributed by atoms with Crippen LogP contribution >= 0.6 is 24.0 Å². The predicted molar refractivity (Wildman–Crippen MR) is 130 cm³/mol. The molecule has 160 valence electrons. The highest BCUT2D eigenvalue weighted by molar-refractivity contribution is 14.0. The molecule has 3 N–H and O–H groups in total. The van der Waals surface area contributed by atoms with Crippen LogP contribution in [0.15, 0.2) is 53.7 Å². The van der Waals surface area contributed by atoms with Gasteiger partial charge in [0, 0.05) is 26.3 Å². The highest BCUT2D eigenvalue weighted by atomic mass is 127. The first-order valence-corrected chi connectivity index (χ1v) is 9.62. The van der Waals surface area contributed by atoms with E-state index in [9.17, 15) is 0 Å². The monoisotopic (exact) mass is 513 g/mol. The average molecular weight is 513 g/mol. The van der Waals surface area contributed by atoms with Gasteiger partial charge >= 0.3 is 0 Å². The van der Waals surface area contributed by atoms with E-state index in [1.54, 1.807) is 20.4 Å². The minimum atomic E-state index is -0.0302. The molecule has 1 heterocycles. The van der Waals surface area contributed by atoms with Crippen molar-refractivity contribution in [2.75, 3.05) is 39.1 Å². The molecule has 0 spiro atoms. The van der Waals surface area contributed by atoms with Gasteiger partial charge in [-0.1, -0.05) is 18.2 Å². The number of benzene rings is 1. The molecule has 1 aromatic carbocycles. The molecule has 0 saturated carbocycles. The summed E-state index contributed by atoms with van der Waals surface area (Å²) >= 11 is 0. The van der Waals surface area contributed by atoms with E-state index in [2.05, 4.69) is 25.9 Å². The van der Waals surface area contributed by atoms with Crippen LogP contribution in [0.1, 0.15) is 19.8 Å². The second-order valence-corrected chi connectivity index (χ2v) is 6.31. The zero-order valence-corrected chi connectivity index (χ0v) is 19.7. The molecule has 1 unspecified atom stereocenters. The second kappa shape index (κ2) is 14.7. The first-order chi connectivity index (χ1) is 13.7. The minimum absolute atomic E-state index is 0. The van der Waals surface area contributed by atoms with Crippen LogP contribution in [0, 0.1) is 0 Å². The van der Waals surface area contributed by atoms with E-state index in [4.69, 9.17) is 9.47 Å². The molecule has 0 saturated heterocycles. The summed E-state index contributed by atoms with van der Waals surface area (Å²) in [4.78, 5) is 8.50. The number of rotatable bonds is 11. The fourth-order valence-corrected chi connectivity index (χ4v) is 2.58. The maximum atomic E-state index is 5.95. The molecule has 0 amide bonds. The number of para-hydroxylation sites is 2. The Hall–Kier alpha value is -2.23. The number of unbranched alkanes of at least 4 members (excludes halogenated alkanes) is 1. The number of guanidine groups is 1. The lowest BCUT2D eigenvalue weighted by Gasteiger charge is -2.19. The topological polar surface area (TPSA) is 79.8 Å². The second-order valence-electron chi connectivity index (χ2n) is 6.31. The molecule has 7 nitrogen and oxygen atoms in total. The standard InChI is InChI=1S/C21H31N5O2.HI/c1-17(28-19-11-5-4-10-18(19)27-3)16-26-21(22-2)25-15-9-8-14-24-20-12-6-7-13-23-20;/h4-7,10-13,17H,8-9,14-16H2,1-3H3,(H,23,24)(H2,22,25,26);1H. The summed E-state index contributed by atoms with van der Waals surface area (Å²) in [6, 6.07) is 13.5. The van der Waals surface area contributed by atoms with Crippen LogP contribution in [-0.2, 0) is 0 Å². The molecular formula is C21H32IN5O2. The van der Waals surface area contributed by atoms with Crippen LogP contribution in [0.4, 0.5) is 5.82 Å². The van der Waals surface area contributed by atoms with Crippen molar-refractivity contribution in [2.24, 2.45) is 4.99 Å². The molecule has 1 aromatic heterocycles. The zero-order chi connectivity index (χ0) is 20.0. The summed E-state index contributed by atoms with van der Waals surface area (Å²) < 4.78 is 11.3. The summed E-state index contributed by atoms with van der Waals surface area (Å²) in [7, 11) is 3.41. The van der Waals surface area contributed by atoms with E-state index in [1.165, 1.54) is 0 Å². The predicted octanol–water partition coefficient (Wildman–Crippen LogP) is 3.53. The Labute approximate surface area is 190 Å². The van der Waals surface area contributed by atoms with Gasteiger partial charge in [0.05, 0.1) is 13.7 Å². The van der Waals surface area contributed by atoms with E-state index in [0.29, 0.717) is 6.54 Å². The normalized spacial score (nSPS) is 11.8. The third-order valence-corrected chi connectivity index (χ3v) is 4.04.